The summed E-state index contributed by atoms with van der Waals surface area (Å²) < 4.78 is 10.6. The Hall–Kier alpha value is -2.99. The SMILES string of the molecule is COc1ccc(/C=C2\C(=O)Nc3ccc(Cl)cc32)cc1OCC(N)=O. The average Bonchev–Trinajstić information content (AvgIpc) is 2.88. The lowest BCUT2D eigenvalue weighted by Crippen LogP contribution is -2.20. The molecule has 0 atom stereocenters. The molecule has 3 N–H and O–H groups in total. The first-order chi connectivity index (χ1) is 12.0. The second-order valence-corrected chi connectivity index (χ2v) is 5.80. The number of benzene rings is 2. The summed E-state index contributed by atoms with van der Waals surface area (Å²) in [6, 6.07) is 10.3. The summed E-state index contributed by atoms with van der Waals surface area (Å²) in [5.74, 6) is 0.0142. The van der Waals surface area contributed by atoms with Gasteiger partial charge in [-0.3, -0.25) is 9.59 Å². The van der Waals surface area contributed by atoms with Gasteiger partial charge in [0.05, 0.1) is 7.11 Å². The Labute approximate surface area is 149 Å². The summed E-state index contributed by atoms with van der Waals surface area (Å²) in [6.45, 7) is -0.269. The molecule has 1 aliphatic heterocycles. The number of ether oxygens (including phenoxy) is 2. The van der Waals surface area contributed by atoms with E-state index in [1.807, 2.05) is 0 Å². The maximum absolute atomic E-state index is 12.2. The highest BCUT2D eigenvalue weighted by Gasteiger charge is 2.24. The Balaban J connectivity index is 1.99. The third-order valence-corrected chi connectivity index (χ3v) is 3.87. The maximum atomic E-state index is 12.2. The van der Waals surface area contributed by atoms with Gasteiger partial charge in [-0.1, -0.05) is 17.7 Å². The first-order valence-corrected chi connectivity index (χ1v) is 7.78. The molecule has 3 rings (SSSR count). The molecule has 2 amide bonds. The second kappa shape index (κ2) is 6.86. The van der Waals surface area contributed by atoms with E-state index in [4.69, 9.17) is 26.8 Å². The highest BCUT2D eigenvalue weighted by atomic mass is 35.5. The van der Waals surface area contributed by atoms with E-state index in [0.29, 0.717) is 33.3 Å². The molecule has 0 spiro atoms. The molecule has 0 radical (unpaired) electrons. The lowest BCUT2D eigenvalue weighted by Gasteiger charge is -2.10. The van der Waals surface area contributed by atoms with Crippen molar-refractivity contribution in [2.45, 2.75) is 0 Å². The standard InChI is InChI=1S/C18H15ClN2O4/c1-24-15-5-2-10(7-16(15)25-9-17(20)22)6-13-12-8-11(19)3-4-14(12)21-18(13)23/h2-8H,9H2,1H3,(H2,20,22)(H,21,23)/b13-6-. The van der Waals surface area contributed by atoms with Crippen LogP contribution in [0.2, 0.25) is 5.02 Å². The van der Waals surface area contributed by atoms with Crippen molar-refractivity contribution in [3.05, 3.63) is 52.5 Å². The fraction of sp³-hybridized carbons (Fsp3) is 0.111. The topological polar surface area (TPSA) is 90.7 Å². The molecule has 2 aromatic carbocycles. The minimum absolute atomic E-state index is 0.215. The minimum Gasteiger partial charge on any atom is -0.493 e. The third-order valence-electron chi connectivity index (χ3n) is 3.63. The highest BCUT2D eigenvalue weighted by Crippen LogP contribution is 2.36. The molecule has 0 aromatic heterocycles. The highest BCUT2D eigenvalue weighted by molar-refractivity contribution is 6.36. The van der Waals surface area contributed by atoms with Gasteiger partial charge in [-0.2, -0.15) is 0 Å². The number of nitrogens with two attached hydrogens (primary N) is 1. The van der Waals surface area contributed by atoms with Gasteiger partial charge in [0.25, 0.3) is 11.8 Å². The van der Waals surface area contributed by atoms with E-state index in [1.54, 1.807) is 42.5 Å². The fourth-order valence-corrected chi connectivity index (χ4v) is 2.69. The van der Waals surface area contributed by atoms with Crippen molar-refractivity contribution in [2.24, 2.45) is 5.73 Å². The molecule has 7 heteroatoms. The van der Waals surface area contributed by atoms with E-state index < -0.39 is 5.91 Å². The number of fused-ring (bicyclic) bond motifs is 1. The van der Waals surface area contributed by atoms with Gasteiger partial charge in [0.15, 0.2) is 18.1 Å². The van der Waals surface area contributed by atoms with Crippen molar-refractivity contribution < 1.29 is 19.1 Å². The molecular formula is C18H15ClN2O4. The number of halogens is 1. The van der Waals surface area contributed by atoms with Gasteiger partial charge < -0.3 is 20.5 Å². The number of rotatable bonds is 5. The number of nitrogens with one attached hydrogen (secondary N) is 1. The van der Waals surface area contributed by atoms with E-state index in [2.05, 4.69) is 5.32 Å². The number of hydrogen-bond acceptors (Lipinski definition) is 4. The van der Waals surface area contributed by atoms with Crippen LogP contribution in [0.3, 0.4) is 0 Å². The van der Waals surface area contributed by atoms with Crippen molar-refractivity contribution in [1.82, 2.24) is 0 Å². The zero-order valence-electron chi connectivity index (χ0n) is 13.3. The molecule has 1 heterocycles. The van der Waals surface area contributed by atoms with Crippen LogP contribution in [0.5, 0.6) is 11.5 Å². The Kier molecular flexibility index (Phi) is 4.63. The predicted molar refractivity (Wildman–Crippen MR) is 95.6 cm³/mol. The Morgan fingerprint density at radius 3 is 2.76 bits per heavy atom. The third kappa shape index (κ3) is 3.59. The maximum Gasteiger partial charge on any atom is 0.256 e. The Morgan fingerprint density at radius 1 is 1.24 bits per heavy atom. The minimum atomic E-state index is -0.593. The van der Waals surface area contributed by atoms with Crippen LogP contribution in [-0.4, -0.2) is 25.5 Å². The number of anilines is 1. The van der Waals surface area contributed by atoms with E-state index in [-0.39, 0.29) is 12.5 Å². The number of carbonyl (C=O) groups excluding carboxylic acids is 2. The summed E-state index contributed by atoms with van der Waals surface area (Å²) in [7, 11) is 1.49. The van der Waals surface area contributed by atoms with E-state index in [0.717, 1.165) is 5.56 Å². The van der Waals surface area contributed by atoms with Crippen LogP contribution in [-0.2, 0) is 9.59 Å². The van der Waals surface area contributed by atoms with E-state index >= 15 is 0 Å². The number of amides is 2. The quantitative estimate of drug-likeness (QED) is 0.804. The van der Waals surface area contributed by atoms with Crippen molar-refractivity contribution in [3.8, 4) is 11.5 Å². The number of methoxy groups -OCH3 is 1. The molecular weight excluding hydrogens is 344 g/mol. The summed E-state index contributed by atoms with van der Waals surface area (Å²) in [6.07, 6.45) is 1.72. The van der Waals surface area contributed by atoms with Gasteiger partial charge in [0, 0.05) is 21.8 Å². The van der Waals surface area contributed by atoms with Crippen molar-refractivity contribution in [3.63, 3.8) is 0 Å². The number of hydrogen-bond donors (Lipinski definition) is 2. The first-order valence-electron chi connectivity index (χ1n) is 7.40. The first kappa shape index (κ1) is 16.9. The molecule has 0 saturated heterocycles. The number of primary amides is 1. The van der Waals surface area contributed by atoms with E-state index in [9.17, 15) is 9.59 Å². The molecule has 0 saturated carbocycles. The van der Waals surface area contributed by atoms with Crippen LogP contribution in [0.1, 0.15) is 11.1 Å². The van der Waals surface area contributed by atoms with Crippen LogP contribution in [0.15, 0.2) is 36.4 Å². The van der Waals surface area contributed by atoms with Crippen molar-refractivity contribution in [2.75, 3.05) is 19.0 Å². The van der Waals surface area contributed by atoms with Gasteiger partial charge >= 0.3 is 0 Å². The lowest BCUT2D eigenvalue weighted by atomic mass is 10.0. The lowest BCUT2D eigenvalue weighted by molar-refractivity contribution is -0.120. The molecule has 2 aromatic rings. The summed E-state index contributed by atoms with van der Waals surface area (Å²) in [5.41, 5.74) is 7.74. The average molecular weight is 359 g/mol. The van der Waals surface area contributed by atoms with Gasteiger partial charge in [-0.05, 0) is 42.0 Å². The van der Waals surface area contributed by atoms with Crippen LogP contribution in [0, 0.1) is 0 Å². The van der Waals surface area contributed by atoms with Gasteiger partial charge in [0.1, 0.15) is 0 Å². The molecule has 6 nitrogen and oxygen atoms in total. The van der Waals surface area contributed by atoms with Gasteiger partial charge in [0.2, 0.25) is 0 Å². The Morgan fingerprint density at radius 2 is 2.04 bits per heavy atom. The normalized spacial score (nSPS) is 14.2. The molecule has 0 unspecified atom stereocenters. The molecule has 0 aliphatic carbocycles. The molecule has 128 valence electrons. The summed E-state index contributed by atoms with van der Waals surface area (Å²) in [5, 5.41) is 3.33. The largest absolute Gasteiger partial charge is 0.493 e. The zero-order valence-corrected chi connectivity index (χ0v) is 14.1. The zero-order chi connectivity index (χ0) is 18.0. The Bertz CT molecular complexity index is 893. The molecule has 0 fully saturated rings. The van der Waals surface area contributed by atoms with Gasteiger partial charge in [-0.25, -0.2) is 0 Å². The molecule has 1 aliphatic rings. The van der Waals surface area contributed by atoms with E-state index in [1.165, 1.54) is 7.11 Å². The summed E-state index contributed by atoms with van der Waals surface area (Å²) >= 11 is 6.03. The van der Waals surface area contributed by atoms with Crippen molar-refractivity contribution >= 4 is 40.8 Å². The molecule has 0 bridgehead atoms. The predicted octanol–water partition coefficient (Wildman–Crippen LogP) is 2.71. The van der Waals surface area contributed by atoms with Crippen LogP contribution in [0.4, 0.5) is 5.69 Å². The smallest absolute Gasteiger partial charge is 0.256 e. The second-order valence-electron chi connectivity index (χ2n) is 5.37. The van der Waals surface area contributed by atoms with Crippen molar-refractivity contribution in [1.29, 1.82) is 0 Å². The van der Waals surface area contributed by atoms with Gasteiger partial charge in [-0.15, -0.1) is 0 Å². The number of carbonyl (C=O) groups is 2. The van der Waals surface area contributed by atoms with Crippen LogP contribution in [0.25, 0.3) is 11.6 Å². The monoisotopic (exact) mass is 358 g/mol. The fourth-order valence-electron chi connectivity index (χ4n) is 2.51. The van der Waals surface area contributed by atoms with Crippen LogP contribution >= 0.6 is 11.6 Å². The summed E-state index contributed by atoms with van der Waals surface area (Å²) in [4.78, 5) is 23.2. The molecule has 25 heavy (non-hydrogen) atoms. The van der Waals surface area contributed by atoms with Crippen LogP contribution < -0.4 is 20.5 Å².